The van der Waals surface area contributed by atoms with Gasteiger partial charge < -0.3 is 25.0 Å². The first kappa shape index (κ1) is 23.8. The molecule has 1 aromatic heterocycles. The van der Waals surface area contributed by atoms with Crippen LogP contribution >= 0.6 is 11.9 Å². The second-order valence-corrected chi connectivity index (χ2v) is 7.60. The molecule has 164 valence electrons. The summed E-state index contributed by atoms with van der Waals surface area (Å²) in [6.45, 7) is 2.44. The van der Waals surface area contributed by atoms with Gasteiger partial charge in [-0.25, -0.2) is 14.2 Å². The Bertz CT molecular complexity index is 638. The summed E-state index contributed by atoms with van der Waals surface area (Å²) in [5.41, 5.74) is 8.09. The molecule has 0 bridgehead atoms. The number of nitrogens with two attached hydrogens (primary N) is 1. The third kappa shape index (κ3) is 8.42. The van der Waals surface area contributed by atoms with Gasteiger partial charge in [-0.2, -0.15) is 0 Å². The zero-order valence-electron chi connectivity index (χ0n) is 17.0. The predicted octanol–water partition coefficient (Wildman–Crippen LogP) is 2.46. The number of carbonyl (C=O) groups excluding carboxylic acids is 1. The molecule has 0 amide bonds. The van der Waals surface area contributed by atoms with E-state index in [1.54, 1.807) is 0 Å². The van der Waals surface area contributed by atoms with E-state index in [0.717, 1.165) is 50.2 Å². The number of nitrogens with one attached hydrogen (secondary N) is 1. The van der Waals surface area contributed by atoms with E-state index in [-0.39, 0.29) is 13.2 Å². The summed E-state index contributed by atoms with van der Waals surface area (Å²) < 4.78 is 23.0. The van der Waals surface area contributed by atoms with Gasteiger partial charge in [0.25, 0.3) is 0 Å². The predicted molar refractivity (Wildman–Crippen MR) is 112 cm³/mol. The molecule has 1 aliphatic heterocycles. The van der Waals surface area contributed by atoms with E-state index in [0.29, 0.717) is 19.5 Å². The monoisotopic (exact) mass is 430 g/mol. The van der Waals surface area contributed by atoms with Crippen LogP contribution in [-0.2, 0) is 26.7 Å². The number of nitrogens with zero attached hydrogens (tertiary/aromatic N) is 2. The highest BCUT2D eigenvalue weighted by Crippen LogP contribution is 2.20. The molecule has 0 aliphatic carbocycles. The molecule has 0 spiro atoms. The molecule has 2 heterocycles. The Morgan fingerprint density at radius 1 is 1.41 bits per heavy atom. The summed E-state index contributed by atoms with van der Waals surface area (Å²) in [4.78, 5) is 18.0. The second-order valence-electron chi connectivity index (χ2n) is 7.44. The lowest BCUT2D eigenvalue weighted by Gasteiger charge is -2.25. The van der Waals surface area contributed by atoms with Crippen molar-refractivity contribution in [1.82, 2.24) is 9.88 Å². The highest BCUT2D eigenvalue weighted by molar-refractivity contribution is 6.13. The number of unbranched alkanes of at least 4 members (excludes halogenated alkanes) is 1. The fourth-order valence-corrected chi connectivity index (χ4v) is 3.57. The molecule has 7 nitrogen and oxygen atoms in total. The van der Waals surface area contributed by atoms with Crippen LogP contribution in [0.25, 0.3) is 0 Å². The first-order valence-corrected chi connectivity index (χ1v) is 10.5. The third-order valence-corrected chi connectivity index (χ3v) is 5.20. The lowest BCUT2D eigenvalue weighted by Crippen LogP contribution is -2.39. The van der Waals surface area contributed by atoms with Crippen LogP contribution in [0.5, 0.6) is 0 Å². The Hall–Kier alpha value is -1.48. The van der Waals surface area contributed by atoms with Crippen molar-refractivity contribution in [2.24, 2.45) is 5.73 Å². The van der Waals surface area contributed by atoms with E-state index in [9.17, 15) is 9.18 Å². The fourth-order valence-electron chi connectivity index (χ4n) is 3.45. The highest BCUT2D eigenvalue weighted by Gasteiger charge is 2.19. The number of halogens is 2. The van der Waals surface area contributed by atoms with Gasteiger partial charge in [-0.15, -0.1) is 0 Å². The smallest absolute Gasteiger partial charge is 0.341 e. The number of methoxy groups -OCH3 is 1. The number of carbonyl (C=O) groups is 1. The molecule has 0 unspecified atom stereocenters. The molecule has 9 heteroatoms. The van der Waals surface area contributed by atoms with Gasteiger partial charge in [-0.1, -0.05) is 6.07 Å². The number of hydrogen-bond donors (Lipinski definition) is 2. The zero-order chi connectivity index (χ0) is 21.1. The van der Waals surface area contributed by atoms with Crippen LogP contribution in [0, 0.1) is 0 Å². The molecule has 1 aliphatic rings. The van der Waals surface area contributed by atoms with Crippen molar-refractivity contribution < 1.29 is 18.2 Å². The van der Waals surface area contributed by atoms with Gasteiger partial charge in [0.05, 0.1) is 6.61 Å². The second kappa shape index (κ2) is 13.0. The standard InChI is InChI=1S/C20H32ClFN4O3/c1-28-14-16(22)13-26(12-9-18(23)20(27)29-21)11-3-2-6-17-8-7-15-5-4-10-24-19(15)25-17/h7-8,16,18H,2-6,9-14,23H2,1H3,(H,24,25)/t16-,18-/m0/s1. The lowest BCUT2D eigenvalue weighted by molar-refractivity contribution is -0.135. The van der Waals surface area contributed by atoms with Crippen molar-refractivity contribution in [3.8, 4) is 0 Å². The summed E-state index contributed by atoms with van der Waals surface area (Å²) in [5.74, 6) is 0.336. The topological polar surface area (TPSA) is 89.7 Å². The van der Waals surface area contributed by atoms with Crippen molar-refractivity contribution in [3.63, 3.8) is 0 Å². The van der Waals surface area contributed by atoms with E-state index in [1.807, 2.05) is 4.90 Å². The molecule has 0 fully saturated rings. The molecular weight excluding hydrogens is 399 g/mol. The van der Waals surface area contributed by atoms with Crippen molar-refractivity contribution >= 4 is 23.7 Å². The summed E-state index contributed by atoms with van der Waals surface area (Å²) >= 11 is 5.06. The van der Waals surface area contributed by atoms with Crippen LogP contribution in [0.4, 0.5) is 10.2 Å². The Morgan fingerprint density at radius 2 is 2.24 bits per heavy atom. The lowest BCUT2D eigenvalue weighted by atomic mass is 10.1. The molecule has 0 radical (unpaired) electrons. The maximum absolute atomic E-state index is 14.0. The van der Waals surface area contributed by atoms with Crippen LogP contribution < -0.4 is 11.1 Å². The number of hydrogen-bond acceptors (Lipinski definition) is 7. The van der Waals surface area contributed by atoms with Crippen molar-refractivity contribution in [2.75, 3.05) is 45.2 Å². The molecule has 0 aromatic carbocycles. The maximum Gasteiger partial charge on any atom is 0.341 e. The van der Waals surface area contributed by atoms with Gasteiger partial charge in [0, 0.05) is 32.4 Å². The zero-order valence-corrected chi connectivity index (χ0v) is 17.8. The minimum absolute atomic E-state index is 0.0400. The number of anilines is 1. The number of aromatic nitrogens is 1. The maximum atomic E-state index is 14.0. The van der Waals surface area contributed by atoms with Crippen molar-refractivity contribution in [3.05, 3.63) is 23.4 Å². The van der Waals surface area contributed by atoms with Gasteiger partial charge >= 0.3 is 5.97 Å². The Kier molecular flexibility index (Phi) is 10.6. The highest BCUT2D eigenvalue weighted by atomic mass is 35.5. The number of ether oxygens (including phenoxy) is 1. The average molecular weight is 431 g/mol. The number of fused-ring (bicyclic) bond motifs is 1. The van der Waals surface area contributed by atoms with Gasteiger partial charge in [0.1, 0.15) is 29.9 Å². The van der Waals surface area contributed by atoms with E-state index in [1.165, 1.54) is 12.7 Å². The summed E-state index contributed by atoms with van der Waals surface area (Å²) in [5, 5.41) is 3.35. The minimum atomic E-state index is -1.09. The van der Waals surface area contributed by atoms with E-state index < -0.39 is 18.2 Å². The first-order valence-electron chi connectivity index (χ1n) is 10.2. The number of pyridine rings is 1. The van der Waals surface area contributed by atoms with Crippen LogP contribution in [0.1, 0.15) is 36.9 Å². The van der Waals surface area contributed by atoms with E-state index in [4.69, 9.17) is 27.3 Å². The first-order chi connectivity index (χ1) is 14.0. The van der Waals surface area contributed by atoms with Crippen molar-refractivity contribution in [1.29, 1.82) is 0 Å². The molecular formula is C20H32ClFN4O3. The van der Waals surface area contributed by atoms with Crippen LogP contribution in [0.2, 0.25) is 0 Å². The molecule has 2 atom stereocenters. The summed E-state index contributed by atoms with van der Waals surface area (Å²) in [6, 6.07) is 3.44. The van der Waals surface area contributed by atoms with Crippen molar-refractivity contribution in [2.45, 2.75) is 50.7 Å². The molecule has 2 rings (SSSR count). The summed E-state index contributed by atoms with van der Waals surface area (Å²) in [7, 11) is 1.48. The number of alkyl halides is 1. The van der Waals surface area contributed by atoms with E-state index in [2.05, 4.69) is 21.7 Å². The minimum Gasteiger partial charge on any atom is -0.382 e. The molecule has 29 heavy (non-hydrogen) atoms. The Balaban J connectivity index is 1.78. The molecule has 1 aromatic rings. The molecule has 0 saturated carbocycles. The van der Waals surface area contributed by atoms with Gasteiger partial charge in [0.2, 0.25) is 0 Å². The molecule has 0 saturated heterocycles. The number of rotatable bonds is 13. The fraction of sp³-hybridized carbons (Fsp3) is 0.700. The van der Waals surface area contributed by atoms with Crippen LogP contribution in [0.15, 0.2) is 12.1 Å². The quantitative estimate of drug-likeness (QED) is 0.464. The third-order valence-electron chi connectivity index (χ3n) is 5.05. The molecule has 3 N–H and O–H groups in total. The number of aryl methyl sites for hydroxylation is 2. The Morgan fingerprint density at radius 3 is 3.00 bits per heavy atom. The van der Waals surface area contributed by atoms with Gasteiger partial charge in [-0.3, -0.25) is 0 Å². The average Bonchev–Trinajstić information content (AvgIpc) is 2.73. The van der Waals surface area contributed by atoms with Gasteiger partial charge in [-0.05, 0) is 56.7 Å². The largest absolute Gasteiger partial charge is 0.382 e. The Labute approximate surface area is 177 Å². The van der Waals surface area contributed by atoms with E-state index >= 15 is 0 Å². The van der Waals surface area contributed by atoms with Crippen LogP contribution in [0.3, 0.4) is 0 Å². The van der Waals surface area contributed by atoms with Gasteiger partial charge in [0.15, 0.2) is 0 Å². The van der Waals surface area contributed by atoms with Crippen LogP contribution in [-0.4, -0.2) is 68.0 Å². The SMILES string of the molecule is COC[C@@H](F)CN(CCCCc1ccc2c(n1)NCCC2)CC[C@H](N)C(=O)OCl. The normalized spacial score (nSPS) is 15.5. The summed E-state index contributed by atoms with van der Waals surface area (Å²) in [6.07, 6.45) is 4.19.